The fourth-order valence-electron chi connectivity index (χ4n) is 3.02. The van der Waals surface area contributed by atoms with Gasteiger partial charge < -0.3 is 4.52 Å². The second kappa shape index (κ2) is 8.19. The second-order valence-corrected chi connectivity index (χ2v) is 6.80. The number of carbonyl (C=O) groups is 1. The Labute approximate surface area is 178 Å². The molecule has 0 spiro atoms. The zero-order valence-corrected chi connectivity index (χ0v) is 16.6. The number of aromatic nitrogens is 3. The third-order valence-electron chi connectivity index (χ3n) is 4.40. The van der Waals surface area contributed by atoms with Crippen LogP contribution in [0.4, 0.5) is 24.7 Å². The molecule has 0 aliphatic rings. The molecule has 0 aliphatic carbocycles. The summed E-state index contributed by atoms with van der Waals surface area (Å²) >= 11 is 5.95. The summed E-state index contributed by atoms with van der Waals surface area (Å²) in [5.41, 5.74) is 0.844. The number of nitrogens with zero attached hydrogens (tertiary/aromatic N) is 4. The first-order valence-electron chi connectivity index (χ1n) is 8.84. The summed E-state index contributed by atoms with van der Waals surface area (Å²) in [6, 6.07) is 9.79. The Balaban J connectivity index is 1.98. The molecule has 0 aliphatic heterocycles. The van der Waals surface area contributed by atoms with E-state index in [0.717, 1.165) is 17.9 Å². The van der Waals surface area contributed by atoms with E-state index < -0.39 is 29.0 Å². The molecule has 2 heterocycles. The fourth-order valence-corrected chi connectivity index (χ4v) is 3.14. The van der Waals surface area contributed by atoms with Crippen molar-refractivity contribution in [2.24, 2.45) is 0 Å². The molecule has 2 aromatic carbocycles. The molecule has 10 heteroatoms. The van der Waals surface area contributed by atoms with Gasteiger partial charge in [0.25, 0.3) is 0 Å². The van der Waals surface area contributed by atoms with Crippen molar-refractivity contribution in [3.8, 4) is 22.5 Å². The molecule has 0 saturated heterocycles. The van der Waals surface area contributed by atoms with Gasteiger partial charge >= 0.3 is 0 Å². The number of benzene rings is 2. The molecule has 2 aromatic heterocycles. The fraction of sp³-hybridized carbons (Fsp3) is 0.0476. The largest absolute Gasteiger partial charge is 0.336 e. The van der Waals surface area contributed by atoms with Crippen molar-refractivity contribution in [1.82, 2.24) is 15.1 Å². The molecule has 0 bridgehead atoms. The van der Waals surface area contributed by atoms with Gasteiger partial charge in [-0.15, -0.1) is 0 Å². The Bertz CT molecular complexity index is 1260. The van der Waals surface area contributed by atoms with Gasteiger partial charge in [0.15, 0.2) is 17.5 Å². The standard InChI is InChI=1S/C21H12ClF3N4O2/c1-11(30)29(16-7-6-14(23)18(24)19(16)25)21-17(15-8-9-26-10-27-15)20(28-31-21)12-2-4-13(22)5-3-12/h2-10H,1H3. The summed E-state index contributed by atoms with van der Waals surface area (Å²) in [6.07, 6.45) is 2.73. The maximum absolute atomic E-state index is 14.6. The van der Waals surface area contributed by atoms with E-state index in [-0.39, 0.29) is 17.1 Å². The summed E-state index contributed by atoms with van der Waals surface area (Å²) in [5, 5.41) is 4.52. The average Bonchev–Trinajstić information content (AvgIpc) is 3.19. The summed E-state index contributed by atoms with van der Waals surface area (Å²) < 4.78 is 47.3. The summed E-state index contributed by atoms with van der Waals surface area (Å²) in [6.45, 7) is 1.12. The molecule has 0 radical (unpaired) electrons. The molecule has 4 rings (SSSR count). The van der Waals surface area contributed by atoms with Crippen LogP contribution >= 0.6 is 11.6 Å². The van der Waals surface area contributed by atoms with E-state index in [0.29, 0.717) is 22.3 Å². The van der Waals surface area contributed by atoms with Crippen molar-refractivity contribution in [3.63, 3.8) is 0 Å². The van der Waals surface area contributed by atoms with Gasteiger partial charge in [-0.1, -0.05) is 28.9 Å². The van der Waals surface area contributed by atoms with Crippen molar-refractivity contribution >= 4 is 29.1 Å². The molecule has 0 N–H and O–H groups in total. The van der Waals surface area contributed by atoms with Gasteiger partial charge in [0.1, 0.15) is 12.0 Å². The lowest BCUT2D eigenvalue weighted by Gasteiger charge is -2.20. The molecule has 0 unspecified atom stereocenters. The number of halogens is 4. The van der Waals surface area contributed by atoms with Crippen LogP contribution in [-0.2, 0) is 4.79 Å². The summed E-state index contributed by atoms with van der Waals surface area (Å²) in [5.74, 6) is -5.60. The molecular weight excluding hydrogens is 433 g/mol. The van der Waals surface area contributed by atoms with Crippen molar-refractivity contribution < 1.29 is 22.5 Å². The van der Waals surface area contributed by atoms with Gasteiger partial charge in [0.2, 0.25) is 11.8 Å². The highest BCUT2D eigenvalue weighted by molar-refractivity contribution is 6.30. The monoisotopic (exact) mass is 444 g/mol. The molecule has 0 saturated carbocycles. The number of hydrogen-bond donors (Lipinski definition) is 0. The predicted octanol–water partition coefficient (Wildman–Crippen LogP) is 5.55. The highest BCUT2D eigenvalue weighted by atomic mass is 35.5. The van der Waals surface area contributed by atoms with Crippen molar-refractivity contribution in [2.75, 3.05) is 4.90 Å². The van der Waals surface area contributed by atoms with Gasteiger partial charge in [0.05, 0.1) is 16.9 Å². The number of hydrogen-bond acceptors (Lipinski definition) is 5. The first-order valence-corrected chi connectivity index (χ1v) is 9.22. The van der Waals surface area contributed by atoms with Gasteiger partial charge in [-0.2, -0.15) is 0 Å². The summed E-state index contributed by atoms with van der Waals surface area (Å²) in [7, 11) is 0. The van der Waals surface area contributed by atoms with Crippen LogP contribution in [0.5, 0.6) is 0 Å². The maximum Gasteiger partial charge on any atom is 0.248 e. The third-order valence-corrected chi connectivity index (χ3v) is 4.66. The average molecular weight is 445 g/mol. The Kier molecular flexibility index (Phi) is 5.43. The number of anilines is 2. The normalized spacial score (nSPS) is 10.9. The van der Waals surface area contributed by atoms with Gasteiger partial charge in [-0.3, -0.25) is 4.79 Å². The van der Waals surface area contributed by atoms with Gasteiger partial charge in [0, 0.05) is 23.7 Å². The lowest BCUT2D eigenvalue weighted by atomic mass is 10.0. The minimum atomic E-state index is -1.72. The molecule has 6 nitrogen and oxygen atoms in total. The Hall–Kier alpha value is -3.72. The van der Waals surface area contributed by atoms with E-state index in [9.17, 15) is 18.0 Å². The topological polar surface area (TPSA) is 72.1 Å². The van der Waals surface area contributed by atoms with E-state index in [4.69, 9.17) is 16.1 Å². The lowest BCUT2D eigenvalue weighted by molar-refractivity contribution is -0.116. The van der Waals surface area contributed by atoms with Crippen LogP contribution in [-0.4, -0.2) is 21.0 Å². The van der Waals surface area contributed by atoms with Crippen molar-refractivity contribution in [2.45, 2.75) is 6.92 Å². The third kappa shape index (κ3) is 3.75. The van der Waals surface area contributed by atoms with E-state index in [1.807, 2.05) is 0 Å². The minimum absolute atomic E-state index is 0.221. The number of amides is 1. The molecule has 31 heavy (non-hydrogen) atoms. The summed E-state index contributed by atoms with van der Waals surface area (Å²) in [4.78, 5) is 21.3. The number of rotatable bonds is 4. The van der Waals surface area contributed by atoms with E-state index in [1.165, 1.54) is 18.6 Å². The van der Waals surface area contributed by atoms with Crippen LogP contribution < -0.4 is 4.90 Å². The molecule has 156 valence electrons. The molecule has 4 aromatic rings. The van der Waals surface area contributed by atoms with E-state index >= 15 is 0 Å². The minimum Gasteiger partial charge on any atom is -0.336 e. The van der Waals surface area contributed by atoms with E-state index in [1.54, 1.807) is 24.3 Å². The second-order valence-electron chi connectivity index (χ2n) is 6.36. The number of carbonyl (C=O) groups excluding carboxylic acids is 1. The Morgan fingerprint density at radius 2 is 1.77 bits per heavy atom. The van der Waals surface area contributed by atoms with Gasteiger partial charge in [-0.25, -0.2) is 28.0 Å². The molecule has 0 fully saturated rings. The van der Waals surface area contributed by atoms with Crippen LogP contribution in [0.1, 0.15) is 6.92 Å². The zero-order chi connectivity index (χ0) is 22.1. The van der Waals surface area contributed by atoms with Crippen LogP contribution in [0.25, 0.3) is 22.5 Å². The van der Waals surface area contributed by atoms with Crippen LogP contribution in [0.15, 0.2) is 59.5 Å². The quantitative estimate of drug-likeness (QED) is 0.386. The van der Waals surface area contributed by atoms with Crippen LogP contribution in [0.3, 0.4) is 0 Å². The van der Waals surface area contributed by atoms with Crippen LogP contribution in [0.2, 0.25) is 5.02 Å². The Morgan fingerprint density at radius 3 is 2.42 bits per heavy atom. The molecule has 0 atom stereocenters. The first kappa shape index (κ1) is 20.5. The van der Waals surface area contributed by atoms with Crippen LogP contribution in [0, 0.1) is 17.5 Å². The molecular formula is C21H12ClF3N4O2. The SMILES string of the molecule is CC(=O)N(c1ccc(F)c(F)c1F)c1onc(-c2ccc(Cl)cc2)c1-c1ccncn1. The van der Waals surface area contributed by atoms with Gasteiger partial charge in [-0.05, 0) is 30.3 Å². The van der Waals surface area contributed by atoms with Crippen molar-refractivity contribution in [1.29, 1.82) is 0 Å². The maximum atomic E-state index is 14.6. The predicted molar refractivity (Wildman–Crippen MR) is 107 cm³/mol. The zero-order valence-electron chi connectivity index (χ0n) is 15.8. The first-order chi connectivity index (χ1) is 14.9. The molecule has 1 amide bonds. The highest BCUT2D eigenvalue weighted by Crippen LogP contribution is 2.42. The lowest BCUT2D eigenvalue weighted by Crippen LogP contribution is -2.24. The Morgan fingerprint density at radius 1 is 1.03 bits per heavy atom. The van der Waals surface area contributed by atoms with Crippen molar-refractivity contribution in [3.05, 3.63) is 77.5 Å². The smallest absolute Gasteiger partial charge is 0.248 e. The van der Waals surface area contributed by atoms with E-state index in [2.05, 4.69) is 15.1 Å². The highest BCUT2D eigenvalue weighted by Gasteiger charge is 2.31.